The molecule has 0 aromatic heterocycles. The summed E-state index contributed by atoms with van der Waals surface area (Å²) in [5.74, 6) is 0.412. The molecule has 124 valence electrons. The second kappa shape index (κ2) is 7.40. The first-order chi connectivity index (χ1) is 10.9. The summed E-state index contributed by atoms with van der Waals surface area (Å²) in [6, 6.07) is 13.3. The third kappa shape index (κ3) is 4.91. The molecule has 23 heavy (non-hydrogen) atoms. The zero-order chi connectivity index (χ0) is 16.9. The summed E-state index contributed by atoms with van der Waals surface area (Å²) in [7, 11) is 0. The Morgan fingerprint density at radius 2 is 1.61 bits per heavy atom. The van der Waals surface area contributed by atoms with Crippen LogP contribution in [0.3, 0.4) is 0 Å². The summed E-state index contributed by atoms with van der Waals surface area (Å²) in [5, 5.41) is 6.34. The van der Waals surface area contributed by atoms with Gasteiger partial charge in [-0.3, -0.25) is 0 Å². The van der Waals surface area contributed by atoms with E-state index in [0.717, 1.165) is 17.8 Å². The topological polar surface area (TPSA) is 24.1 Å². The van der Waals surface area contributed by atoms with Crippen LogP contribution in [-0.4, -0.2) is 13.1 Å². The first-order valence-electron chi connectivity index (χ1n) is 7.62. The number of anilines is 2. The van der Waals surface area contributed by atoms with Gasteiger partial charge in [-0.05, 0) is 35.7 Å². The Morgan fingerprint density at radius 1 is 0.913 bits per heavy atom. The molecule has 0 spiro atoms. The van der Waals surface area contributed by atoms with Gasteiger partial charge in [0.05, 0.1) is 5.56 Å². The Kier molecular flexibility index (Phi) is 5.53. The maximum Gasteiger partial charge on any atom is 0.416 e. The first-order valence-corrected chi connectivity index (χ1v) is 7.62. The lowest BCUT2D eigenvalue weighted by atomic mass is 10.0. The SMILES string of the molecule is CC(C)c1ccccc1NCCNc1cccc(C(F)(F)F)c1. The smallest absolute Gasteiger partial charge is 0.383 e. The minimum absolute atomic E-state index is 0.412. The molecule has 0 radical (unpaired) electrons. The van der Waals surface area contributed by atoms with Crippen molar-refractivity contribution in [3.05, 3.63) is 59.7 Å². The van der Waals surface area contributed by atoms with Gasteiger partial charge in [-0.1, -0.05) is 38.1 Å². The molecule has 0 fully saturated rings. The standard InChI is InChI=1S/C18H21F3N2/c1-13(2)16-8-3-4-9-17(16)23-11-10-22-15-7-5-6-14(12-15)18(19,20)21/h3-9,12-13,22-23H,10-11H2,1-2H3. The van der Waals surface area contributed by atoms with Crippen molar-refractivity contribution in [1.29, 1.82) is 0 Å². The fourth-order valence-electron chi connectivity index (χ4n) is 2.37. The van der Waals surface area contributed by atoms with E-state index in [1.54, 1.807) is 6.07 Å². The molecule has 0 aliphatic heterocycles. The fraction of sp³-hybridized carbons (Fsp3) is 0.333. The van der Waals surface area contributed by atoms with E-state index in [2.05, 4.69) is 30.5 Å². The summed E-state index contributed by atoms with van der Waals surface area (Å²) in [5.41, 5.74) is 2.12. The first kappa shape index (κ1) is 17.2. The minimum atomic E-state index is -4.31. The number of para-hydroxylation sites is 1. The molecular formula is C18H21F3N2. The molecule has 0 atom stereocenters. The Morgan fingerprint density at radius 3 is 2.30 bits per heavy atom. The molecule has 2 rings (SSSR count). The molecular weight excluding hydrogens is 301 g/mol. The van der Waals surface area contributed by atoms with E-state index < -0.39 is 11.7 Å². The minimum Gasteiger partial charge on any atom is -0.383 e. The average Bonchev–Trinajstić information content (AvgIpc) is 2.51. The van der Waals surface area contributed by atoms with Crippen LogP contribution in [0.1, 0.15) is 30.9 Å². The highest BCUT2D eigenvalue weighted by Crippen LogP contribution is 2.30. The van der Waals surface area contributed by atoms with E-state index in [-0.39, 0.29) is 0 Å². The Hall–Kier alpha value is -2.17. The van der Waals surface area contributed by atoms with Gasteiger partial charge in [0.1, 0.15) is 0 Å². The highest BCUT2D eigenvalue weighted by Gasteiger charge is 2.30. The largest absolute Gasteiger partial charge is 0.416 e. The average molecular weight is 322 g/mol. The Labute approximate surface area is 134 Å². The summed E-state index contributed by atoms with van der Waals surface area (Å²) >= 11 is 0. The molecule has 0 aliphatic carbocycles. The number of rotatable bonds is 6. The van der Waals surface area contributed by atoms with Crippen LogP contribution in [0.4, 0.5) is 24.5 Å². The van der Waals surface area contributed by atoms with Crippen molar-refractivity contribution in [3.63, 3.8) is 0 Å². The van der Waals surface area contributed by atoms with Crippen molar-refractivity contribution < 1.29 is 13.2 Å². The third-order valence-corrected chi connectivity index (χ3v) is 3.54. The van der Waals surface area contributed by atoms with Crippen LogP contribution >= 0.6 is 0 Å². The van der Waals surface area contributed by atoms with Crippen LogP contribution in [0, 0.1) is 0 Å². The molecule has 0 saturated carbocycles. The third-order valence-electron chi connectivity index (χ3n) is 3.54. The summed E-state index contributed by atoms with van der Waals surface area (Å²) in [6.45, 7) is 5.41. The van der Waals surface area contributed by atoms with E-state index in [1.165, 1.54) is 11.6 Å². The van der Waals surface area contributed by atoms with Gasteiger partial charge < -0.3 is 10.6 Å². The van der Waals surface area contributed by atoms with Gasteiger partial charge in [0.2, 0.25) is 0 Å². The van der Waals surface area contributed by atoms with Crippen LogP contribution < -0.4 is 10.6 Å². The molecule has 2 aromatic rings. The molecule has 0 heterocycles. The maximum atomic E-state index is 12.7. The maximum absolute atomic E-state index is 12.7. The predicted octanol–water partition coefficient (Wildman–Crippen LogP) is 5.35. The van der Waals surface area contributed by atoms with E-state index in [1.807, 2.05) is 18.2 Å². The number of alkyl halides is 3. The second-order valence-corrected chi connectivity index (χ2v) is 5.67. The van der Waals surface area contributed by atoms with Crippen LogP contribution in [0.5, 0.6) is 0 Å². The number of benzene rings is 2. The second-order valence-electron chi connectivity index (χ2n) is 5.67. The van der Waals surface area contributed by atoms with Gasteiger partial charge in [-0.25, -0.2) is 0 Å². The van der Waals surface area contributed by atoms with Gasteiger partial charge in [-0.15, -0.1) is 0 Å². The molecule has 2 aromatic carbocycles. The lowest BCUT2D eigenvalue weighted by Gasteiger charge is -2.15. The van der Waals surface area contributed by atoms with Crippen molar-refractivity contribution in [2.45, 2.75) is 25.9 Å². The van der Waals surface area contributed by atoms with Crippen LogP contribution in [0.2, 0.25) is 0 Å². The highest BCUT2D eigenvalue weighted by atomic mass is 19.4. The summed E-state index contributed by atoms with van der Waals surface area (Å²) in [6.07, 6.45) is -4.31. The van der Waals surface area contributed by atoms with Crippen LogP contribution in [0.25, 0.3) is 0 Å². The van der Waals surface area contributed by atoms with E-state index >= 15 is 0 Å². The van der Waals surface area contributed by atoms with Gasteiger partial charge in [0, 0.05) is 24.5 Å². The van der Waals surface area contributed by atoms with Crippen molar-refractivity contribution in [2.24, 2.45) is 0 Å². The van der Waals surface area contributed by atoms with Crippen LogP contribution in [-0.2, 0) is 6.18 Å². The van der Waals surface area contributed by atoms with E-state index in [4.69, 9.17) is 0 Å². The van der Waals surface area contributed by atoms with Crippen molar-refractivity contribution in [2.75, 3.05) is 23.7 Å². The quantitative estimate of drug-likeness (QED) is 0.700. The Balaban J connectivity index is 1.89. The lowest BCUT2D eigenvalue weighted by molar-refractivity contribution is -0.137. The number of hydrogen-bond acceptors (Lipinski definition) is 2. The fourth-order valence-corrected chi connectivity index (χ4v) is 2.37. The molecule has 0 aliphatic rings. The molecule has 0 saturated heterocycles. The molecule has 0 unspecified atom stereocenters. The van der Waals surface area contributed by atoms with Crippen molar-refractivity contribution in [1.82, 2.24) is 0 Å². The van der Waals surface area contributed by atoms with Gasteiger partial charge in [-0.2, -0.15) is 13.2 Å². The zero-order valence-electron chi connectivity index (χ0n) is 13.2. The summed E-state index contributed by atoms with van der Waals surface area (Å²) < 4.78 is 38.0. The molecule has 2 nitrogen and oxygen atoms in total. The normalized spacial score (nSPS) is 11.6. The number of nitrogens with one attached hydrogen (secondary N) is 2. The van der Waals surface area contributed by atoms with Gasteiger partial charge >= 0.3 is 6.18 Å². The molecule has 2 N–H and O–H groups in total. The summed E-state index contributed by atoms with van der Waals surface area (Å²) in [4.78, 5) is 0. The zero-order valence-corrected chi connectivity index (χ0v) is 13.2. The highest BCUT2D eigenvalue weighted by molar-refractivity contribution is 5.53. The Bertz CT molecular complexity index is 636. The van der Waals surface area contributed by atoms with Crippen LogP contribution in [0.15, 0.2) is 48.5 Å². The van der Waals surface area contributed by atoms with Gasteiger partial charge in [0.15, 0.2) is 0 Å². The monoisotopic (exact) mass is 322 g/mol. The predicted molar refractivity (Wildman–Crippen MR) is 89.0 cm³/mol. The lowest BCUT2D eigenvalue weighted by Crippen LogP contribution is -2.15. The molecule has 0 bridgehead atoms. The van der Waals surface area contributed by atoms with Crippen molar-refractivity contribution >= 4 is 11.4 Å². The molecule has 0 amide bonds. The van der Waals surface area contributed by atoms with Crippen molar-refractivity contribution in [3.8, 4) is 0 Å². The van der Waals surface area contributed by atoms with Gasteiger partial charge in [0.25, 0.3) is 0 Å². The van der Waals surface area contributed by atoms with E-state index in [9.17, 15) is 13.2 Å². The van der Waals surface area contributed by atoms with E-state index in [0.29, 0.717) is 24.7 Å². The number of hydrogen-bond donors (Lipinski definition) is 2. The number of halogens is 3. The molecule has 5 heteroatoms.